The average molecular weight is 343 g/mol. The predicted molar refractivity (Wildman–Crippen MR) is 89.7 cm³/mol. The van der Waals surface area contributed by atoms with Crippen LogP contribution in [0.25, 0.3) is 0 Å². The zero-order valence-electron chi connectivity index (χ0n) is 14.1. The molecule has 3 rings (SSSR count). The molecule has 1 amide bonds. The van der Waals surface area contributed by atoms with Gasteiger partial charge >= 0.3 is 12.1 Å². The van der Waals surface area contributed by atoms with E-state index in [1.54, 1.807) is 10.9 Å². The number of hydrogen-bond donors (Lipinski definition) is 1. The summed E-state index contributed by atoms with van der Waals surface area (Å²) in [4.78, 5) is 25.3. The number of carbonyl (C=O) groups excluding carboxylic acids is 1. The molecule has 1 aliphatic heterocycles. The Labute approximate surface area is 145 Å². The lowest BCUT2D eigenvalue weighted by Gasteiger charge is -2.21. The van der Waals surface area contributed by atoms with Crippen LogP contribution in [0.15, 0.2) is 36.5 Å². The summed E-state index contributed by atoms with van der Waals surface area (Å²) < 4.78 is 7.04. The number of hydrogen-bond acceptors (Lipinski definition) is 4. The van der Waals surface area contributed by atoms with Crippen LogP contribution in [0.1, 0.15) is 42.6 Å². The van der Waals surface area contributed by atoms with E-state index in [0.717, 1.165) is 24.9 Å². The molecule has 0 spiro atoms. The molecule has 1 aromatic heterocycles. The Balaban J connectivity index is 1.70. The van der Waals surface area contributed by atoms with E-state index in [-0.39, 0.29) is 13.2 Å². The Hall–Kier alpha value is -2.83. The van der Waals surface area contributed by atoms with Gasteiger partial charge in [-0.25, -0.2) is 9.59 Å². The van der Waals surface area contributed by atoms with Crippen molar-refractivity contribution in [2.75, 3.05) is 0 Å². The summed E-state index contributed by atoms with van der Waals surface area (Å²) in [5.74, 6) is -1.08. The number of aromatic nitrogens is 2. The molecule has 1 aromatic carbocycles. The van der Waals surface area contributed by atoms with Crippen LogP contribution in [0, 0.1) is 0 Å². The molecule has 0 saturated carbocycles. The van der Waals surface area contributed by atoms with Crippen molar-refractivity contribution >= 4 is 12.1 Å². The number of carboxylic acids is 1. The molecule has 1 aliphatic rings. The number of carbonyl (C=O) groups is 2. The number of ether oxygens (including phenoxy) is 1. The van der Waals surface area contributed by atoms with E-state index in [1.807, 2.05) is 30.3 Å². The average Bonchev–Trinajstić information content (AvgIpc) is 3.15. The third-order valence-corrected chi connectivity index (χ3v) is 4.21. The van der Waals surface area contributed by atoms with Gasteiger partial charge in [-0.3, -0.25) is 9.58 Å². The van der Waals surface area contributed by atoms with Gasteiger partial charge in [0.1, 0.15) is 6.61 Å². The molecule has 1 unspecified atom stereocenters. The first-order valence-electron chi connectivity index (χ1n) is 8.36. The van der Waals surface area contributed by atoms with Crippen molar-refractivity contribution < 1.29 is 19.4 Å². The topological polar surface area (TPSA) is 84.7 Å². The van der Waals surface area contributed by atoms with Gasteiger partial charge in [-0.1, -0.05) is 43.7 Å². The molecule has 132 valence electrons. The highest BCUT2D eigenvalue weighted by Crippen LogP contribution is 2.34. The molecule has 1 N–H and O–H groups in total. The van der Waals surface area contributed by atoms with Gasteiger partial charge in [-0.2, -0.15) is 5.10 Å². The zero-order valence-corrected chi connectivity index (χ0v) is 14.1. The zero-order chi connectivity index (χ0) is 17.8. The summed E-state index contributed by atoms with van der Waals surface area (Å²) in [6.07, 6.45) is 3.09. The van der Waals surface area contributed by atoms with Crippen LogP contribution in [0.2, 0.25) is 0 Å². The number of unbranched alkanes of at least 4 members (excludes halogenated alkanes) is 1. The van der Waals surface area contributed by atoms with Crippen molar-refractivity contribution in [2.45, 2.75) is 45.5 Å². The minimum Gasteiger partial charge on any atom is -0.479 e. The van der Waals surface area contributed by atoms with Crippen LogP contribution in [-0.4, -0.2) is 31.8 Å². The number of amides is 1. The molecule has 1 atom stereocenters. The molecular formula is C18H21N3O4. The normalized spacial score (nSPS) is 15.9. The van der Waals surface area contributed by atoms with E-state index in [1.165, 1.54) is 4.90 Å². The molecule has 0 radical (unpaired) electrons. The minimum absolute atomic E-state index is 0.108. The van der Waals surface area contributed by atoms with E-state index in [4.69, 9.17) is 4.74 Å². The first-order valence-corrected chi connectivity index (χ1v) is 8.36. The smallest absolute Gasteiger partial charge is 0.411 e. The number of nitrogens with zero attached hydrogens (tertiary/aromatic N) is 3. The van der Waals surface area contributed by atoms with Gasteiger partial charge in [0.15, 0.2) is 6.04 Å². The lowest BCUT2D eigenvalue weighted by Crippen LogP contribution is -2.34. The fraction of sp³-hybridized carbons (Fsp3) is 0.389. The molecule has 2 aromatic rings. The van der Waals surface area contributed by atoms with E-state index in [2.05, 4.69) is 12.0 Å². The quantitative estimate of drug-likeness (QED) is 0.871. The van der Waals surface area contributed by atoms with Gasteiger partial charge in [-0.15, -0.1) is 0 Å². The van der Waals surface area contributed by atoms with Crippen LogP contribution in [0.5, 0.6) is 0 Å². The number of carboxylic acid groups (broad SMARTS) is 1. The van der Waals surface area contributed by atoms with Gasteiger partial charge in [0, 0.05) is 18.3 Å². The van der Waals surface area contributed by atoms with Crippen LogP contribution < -0.4 is 0 Å². The van der Waals surface area contributed by atoms with Crippen LogP contribution >= 0.6 is 0 Å². The monoisotopic (exact) mass is 343 g/mol. The Bertz CT molecular complexity index is 757. The van der Waals surface area contributed by atoms with E-state index < -0.39 is 18.1 Å². The fourth-order valence-electron chi connectivity index (χ4n) is 2.92. The van der Waals surface area contributed by atoms with Crippen molar-refractivity contribution in [3.8, 4) is 0 Å². The molecule has 7 nitrogen and oxygen atoms in total. The van der Waals surface area contributed by atoms with Crippen molar-refractivity contribution in [2.24, 2.45) is 0 Å². The van der Waals surface area contributed by atoms with E-state index in [0.29, 0.717) is 11.3 Å². The second kappa shape index (κ2) is 7.38. The Morgan fingerprint density at radius 1 is 1.32 bits per heavy atom. The molecule has 25 heavy (non-hydrogen) atoms. The summed E-state index contributed by atoms with van der Waals surface area (Å²) in [5.41, 5.74) is 2.05. The summed E-state index contributed by atoms with van der Waals surface area (Å²) in [7, 11) is 0. The van der Waals surface area contributed by atoms with E-state index >= 15 is 0 Å². The summed E-state index contributed by atoms with van der Waals surface area (Å²) in [6.45, 7) is 3.09. The highest BCUT2D eigenvalue weighted by atomic mass is 16.6. The highest BCUT2D eigenvalue weighted by molar-refractivity contribution is 5.83. The maximum Gasteiger partial charge on any atom is 0.411 e. The second-order valence-corrected chi connectivity index (χ2v) is 6.06. The molecule has 0 bridgehead atoms. The third-order valence-electron chi connectivity index (χ3n) is 4.21. The van der Waals surface area contributed by atoms with Gasteiger partial charge < -0.3 is 9.84 Å². The third kappa shape index (κ3) is 3.65. The van der Waals surface area contributed by atoms with Crippen molar-refractivity contribution in [1.82, 2.24) is 14.7 Å². The van der Waals surface area contributed by atoms with Crippen LogP contribution in [0.4, 0.5) is 4.79 Å². The molecule has 7 heteroatoms. The molecular weight excluding hydrogens is 322 g/mol. The van der Waals surface area contributed by atoms with Crippen molar-refractivity contribution in [3.05, 3.63) is 53.3 Å². The van der Waals surface area contributed by atoms with Crippen LogP contribution in [-0.2, 0) is 29.2 Å². The maximum absolute atomic E-state index is 12.4. The number of aliphatic carboxylic acids is 1. The minimum atomic E-state index is -1.08. The Kier molecular flexibility index (Phi) is 5.02. The standard InChI is InChI=1S/C18H21N3O4/c1-2-3-9-20-10-14-15(19-20)11-21(16(14)17(22)23)18(24)25-12-13-7-5-4-6-8-13/h4-8,10,16H,2-3,9,11-12H2,1H3,(H,22,23). The molecule has 0 aliphatic carbocycles. The number of rotatable bonds is 6. The Morgan fingerprint density at radius 3 is 2.76 bits per heavy atom. The SMILES string of the molecule is CCCCn1cc2c(n1)CN(C(=O)OCc1ccccc1)C2C(=O)O. The summed E-state index contributed by atoms with van der Waals surface area (Å²) in [6, 6.07) is 8.23. The molecule has 2 heterocycles. The maximum atomic E-state index is 12.4. The van der Waals surface area contributed by atoms with Gasteiger partial charge in [0.25, 0.3) is 0 Å². The number of aryl methyl sites for hydroxylation is 1. The van der Waals surface area contributed by atoms with Crippen molar-refractivity contribution in [1.29, 1.82) is 0 Å². The summed E-state index contributed by atoms with van der Waals surface area (Å²) in [5, 5.41) is 14.0. The Morgan fingerprint density at radius 2 is 2.08 bits per heavy atom. The number of benzene rings is 1. The summed E-state index contributed by atoms with van der Waals surface area (Å²) >= 11 is 0. The predicted octanol–water partition coefficient (Wildman–Crippen LogP) is 2.96. The van der Waals surface area contributed by atoms with Crippen LogP contribution in [0.3, 0.4) is 0 Å². The van der Waals surface area contributed by atoms with Gasteiger partial charge in [0.05, 0.1) is 12.2 Å². The highest BCUT2D eigenvalue weighted by Gasteiger charge is 2.41. The van der Waals surface area contributed by atoms with Gasteiger partial charge in [-0.05, 0) is 12.0 Å². The lowest BCUT2D eigenvalue weighted by molar-refractivity contribution is -0.142. The first-order chi connectivity index (χ1) is 12.1. The fourth-order valence-corrected chi connectivity index (χ4v) is 2.92. The second-order valence-electron chi connectivity index (χ2n) is 6.06. The lowest BCUT2D eigenvalue weighted by atomic mass is 10.1. The van der Waals surface area contributed by atoms with Gasteiger partial charge in [0.2, 0.25) is 0 Å². The van der Waals surface area contributed by atoms with E-state index in [9.17, 15) is 14.7 Å². The molecule has 0 fully saturated rings. The first kappa shape index (κ1) is 17.0. The largest absolute Gasteiger partial charge is 0.479 e. The molecule has 0 saturated heterocycles. The van der Waals surface area contributed by atoms with Crippen molar-refractivity contribution in [3.63, 3.8) is 0 Å². The number of fused-ring (bicyclic) bond motifs is 1.